The van der Waals surface area contributed by atoms with Gasteiger partial charge in [-0.15, -0.1) is 0 Å². The third-order valence-electron chi connectivity index (χ3n) is 2.19. The lowest BCUT2D eigenvalue weighted by molar-refractivity contribution is -0.139. The second-order valence-corrected chi connectivity index (χ2v) is 5.40. The van der Waals surface area contributed by atoms with Gasteiger partial charge in [-0.3, -0.25) is 9.05 Å². The zero-order valence-electron chi connectivity index (χ0n) is 11.6. The first-order chi connectivity index (χ1) is 8.78. The molecule has 0 rings (SSSR count). The average Bonchev–Trinajstić information content (AvgIpc) is 2.33. The molecule has 112 valence electrons. The molecule has 8 heteroatoms. The number of likely N-dealkylation sites (N-methyl/N-ethyl adjacent to an activating group) is 1. The highest BCUT2D eigenvalue weighted by Crippen LogP contribution is 2.42. The van der Waals surface area contributed by atoms with Crippen molar-refractivity contribution < 1.29 is 28.0 Å². The van der Waals surface area contributed by atoms with Crippen molar-refractivity contribution in [1.29, 1.82) is 0 Å². The third-order valence-corrected chi connectivity index (χ3v) is 3.20. The molecule has 0 aromatic heterocycles. The first-order valence-corrected chi connectivity index (χ1v) is 7.41. The van der Waals surface area contributed by atoms with Gasteiger partial charge >= 0.3 is 13.8 Å². The first kappa shape index (κ1) is 18.3. The van der Waals surface area contributed by atoms with Crippen LogP contribution in [0.25, 0.3) is 0 Å². The lowest BCUT2D eigenvalue weighted by atomic mass is 10.4. The summed E-state index contributed by atoms with van der Waals surface area (Å²) in [6, 6.07) is 0. The Morgan fingerprint density at radius 3 is 2.42 bits per heavy atom. The number of ether oxygens (including phenoxy) is 1. The summed E-state index contributed by atoms with van der Waals surface area (Å²) in [6.45, 7) is 7.95. The van der Waals surface area contributed by atoms with E-state index in [9.17, 15) is 14.3 Å². The summed E-state index contributed by atoms with van der Waals surface area (Å²) >= 11 is 0. The number of esters is 1. The molecule has 0 heterocycles. The van der Waals surface area contributed by atoms with Gasteiger partial charge in [-0.1, -0.05) is 13.5 Å². The predicted molar refractivity (Wildman–Crippen MR) is 70.7 cm³/mol. The maximum Gasteiger partial charge on any atom is 0.472 e. The molecule has 0 radical (unpaired) electrons. The van der Waals surface area contributed by atoms with E-state index in [4.69, 9.17) is 9.26 Å². The van der Waals surface area contributed by atoms with Crippen LogP contribution in [0.15, 0.2) is 12.2 Å². The van der Waals surface area contributed by atoms with Crippen molar-refractivity contribution in [3.05, 3.63) is 12.2 Å². The fourth-order valence-electron chi connectivity index (χ4n) is 0.918. The van der Waals surface area contributed by atoms with Crippen LogP contribution in [0.1, 0.15) is 13.8 Å². The molecule has 0 aromatic carbocycles. The van der Waals surface area contributed by atoms with Crippen LogP contribution in [0.5, 0.6) is 0 Å². The van der Waals surface area contributed by atoms with E-state index >= 15 is 0 Å². The zero-order valence-corrected chi connectivity index (χ0v) is 12.5. The number of hydrogen-bond acceptors (Lipinski definition) is 6. The number of phosphoric ester groups is 1. The monoisotopic (exact) mass is 295 g/mol. The maximum absolute atomic E-state index is 11.4. The van der Waals surface area contributed by atoms with Gasteiger partial charge in [-0.25, -0.2) is 9.36 Å². The highest BCUT2D eigenvalue weighted by atomic mass is 31.2. The van der Waals surface area contributed by atoms with E-state index in [1.165, 1.54) is 6.92 Å². The standard InChI is InChI=1S/C11H22NO6P/c1-5-12(4)6-7-17-19(14,15)18-9-8-16-11(13)10(2)3/h2,5-9H2,1,3-4H3,(H,14,15). The van der Waals surface area contributed by atoms with Gasteiger partial charge in [0, 0.05) is 12.1 Å². The molecule has 0 amide bonds. The van der Waals surface area contributed by atoms with Gasteiger partial charge < -0.3 is 14.5 Å². The minimum absolute atomic E-state index is 0.0870. The van der Waals surface area contributed by atoms with E-state index < -0.39 is 13.8 Å². The number of carbonyl (C=O) groups excluding carboxylic acids is 1. The Hall–Kier alpha value is -0.720. The third kappa shape index (κ3) is 9.81. The van der Waals surface area contributed by atoms with Crippen LogP contribution in [0.2, 0.25) is 0 Å². The van der Waals surface area contributed by atoms with Crippen LogP contribution in [0, 0.1) is 0 Å². The Morgan fingerprint density at radius 1 is 1.32 bits per heavy atom. The molecule has 0 aliphatic heterocycles. The number of hydrogen-bond donors (Lipinski definition) is 1. The first-order valence-electron chi connectivity index (χ1n) is 5.91. The van der Waals surface area contributed by atoms with E-state index in [2.05, 4.69) is 11.1 Å². The number of nitrogens with zero attached hydrogens (tertiary/aromatic N) is 1. The minimum atomic E-state index is -4.08. The molecule has 0 aromatic rings. The van der Waals surface area contributed by atoms with Crippen molar-refractivity contribution in [2.75, 3.05) is 40.0 Å². The van der Waals surface area contributed by atoms with E-state index in [1.807, 2.05) is 18.9 Å². The van der Waals surface area contributed by atoms with Crippen molar-refractivity contribution in [3.8, 4) is 0 Å². The van der Waals surface area contributed by atoms with Crippen molar-refractivity contribution in [2.45, 2.75) is 13.8 Å². The van der Waals surface area contributed by atoms with Gasteiger partial charge in [-0.05, 0) is 20.5 Å². The molecule has 0 spiro atoms. The maximum atomic E-state index is 11.4. The Bertz CT molecular complexity index is 346. The number of carbonyl (C=O) groups is 1. The van der Waals surface area contributed by atoms with Crippen LogP contribution < -0.4 is 0 Å². The summed E-state index contributed by atoms with van der Waals surface area (Å²) < 4.78 is 25.5. The Morgan fingerprint density at radius 2 is 1.89 bits per heavy atom. The molecule has 19 heavy (non-hydrogen) atoms. The van der Waals surface area contributed by atoms with Gasteiger partial charge in [0.05, 0.1) is 13.2 Å². The molecular weight excluding hydrogens is 273 g/mol. The Balaban J connectivity index is 3.76. The predicted octanol–water partition coefficient (Wildman–Crippen LogP) is 1.19. The Kier molecular flexibility index (Phi) is 8.88. The quantitative estimate of drug-likeness (QED) is 0.280. The molecule has 0 bridgehead atoms. The summed E-state index contributed by atoms with van der Waals surface area (Å²) in [5, 5.41) is 0. The molecule has 0 saturated carbocycles. The largest absolute Gasteiger partial charge is 0.472 e. The molecule has 0 aliphatic carbocycles. The normalized spacial score (nSPS) is 14.2. The summed E-state index contributed by atoms with van der Waals surface area (Å²) in [6.07, 6.45) is 0. The molecule has 7 nitrogen and oxygen atoms in total. The van der Waals surface area contributed by atoms with Gasteiger partial charge in [-0.2, -0.15) is 0 Å². The topological polar surface area (TPSA) is 85.3 Å². The van der Waals surface area contributed by atoms with Crippen LogP contribution in [-0.2, 0) is 23.1 Å². The van der Waals surface area contributed by atoms with Crippen molar-refractivity contribution in [2.24, 2.45) is 0 Å². The number of rotatable bonds is 10. The van der Waals surface area contributed by atoms with E-state index in [1.54, 1.807) is 0 Å². The van der Waals surface area contributed by atoms with Crippen LogP contribution >= 0.6 is 7.82 Å². The average molecular weight is 295 g/mol. The van der Waals surface area contributed by atoms with Crippen LogP contribution in [0.4, 0.5) is 0 Å². The smallest absolute Gasteiger partial charge is 0.460 e. The fourth-order valence-corrected chi connectivity index (χ4v) is 1.61. The zero-order chi connectivity index (χ0) is 14.9. The minimum Gasteiger partial charge on any atom is -0.460 e. The fraction of sp³-hybridized carbons (Fsp3) is 0.727. The Labute approximate surface area is 113 Å². The number of phosphoric acid groups is 1. The highest BCUT2D eigenvalue weighted by molar-refractivity contribution is 7.47. The van der Waals surface area contributed by atoms with Crippen LogP contribution in [-0.4, -0.2) is 55.7 Å². The summed E-state index contributed by atoms with van der Waals surface area (Å²) in [4.78, 5) is 22.2. The highest BCUT2D eigenvalue weighted by Gasteiger charge is 2.20. The lowest BCUT2D eigenvalue weighted by Gasteiger charge is -2.16. The van der Waals surface area contributed by atoms with Gasteiger partial charge in [0.15, 0.2) is 0 Å². The molecule has 1 N–H and O–H groups in total. The van der Waals surface area contributed by atoms with Gasteiger partial charge in [0.25, 0.3) is 0 Å². The summed E-state index contributed by atoms with van der Waals surface area (Å²) in [5.74, 6) is -0.568. The SMILES string of the molecule is C=C(C)C(=O)OCCOP(=O)(O)OCCN(C)CC. The molecule has 1 unspecified atom stereocenters. The van der Waals surface area contributed by atoms with Gasteiger partial charge in [0.2, 0.25) is 0 Å². The molecule has 0 aliphatic rings. The molecular formula is C11H22NO6P. The van der Waals surface area contributed by atoms with Crippen molar-refractivity contribution >= 4 is 13.8 Å². The van der Waals surface area contributed by atoms with E-state index in [-0.39, 0.29) is 25.4 Å². The summed E-state index contributed by atoms with van der Waals surface area (Å²) in [7, 11) is -2.22. The second-order valence-electron chi connectivity index (χ2n) is 3.95. The van der Waals surface area contributed by atoms with E-state index in [0.717, 1.165) is 6.54 Å². The van der Waals surface area contributed by atoms with Crippen LogP contribution in [0.3, 0.4) is 0 Å². The van der Waals surface area contributed by atoms with E-state index in [0.29, 0.717) is 6.54 Å². The second kappa shape index (κ2) is 9.23. The van der Waals surface area contributed by atoms with Crippen molar-refractivity contribution in [3.63, 3.8) is 0 Å². The summed E-state index contributed by atoms with van der Waals surface area (Å²) in [5.41, 5.74) is 0.256. The van der Waals surface area contributed by atoms with Crippen molar-refractivity contribution in [1.82, 2.24) is 4.90 Å². The molecule has 1 atom stereocenters. The van der Waals surface area contributed by atoms with Gasteiger partial charge in [0.1, 0.15) is 6.61 Å². The lowest BCUT2D eigenvalue weighted by Crippen LogP contribution is -2.22. The molecule has 0 saturated heterocycles. The molecule has 0 fully saturated rings.